The van der Waals surface area contributed by atoms with Gasteiger partial charge in [0.05, 0.1) is 18.0 Å². The predicted molar refractivity (Wildman–Crippen MR) is 117 cm³/mol. The number of Topliss-reactive ketones (excluding diaryl/α,β-unsaturated/α-hetero) is 1. The van der Waals surface area contributed by atoms with E-state index < -0.39 is 0 Å². The van der Waals surface area contributed by atoms with E-state index in [4.69, 9.17) is 0 Å². The van der Waals surface area contributed by atoms with Gasteiger partial charge in [0.1, 0.15) is 5.82 Å². The van der Waals surface area contributed by atoms with E-state index in [9.17, 15) is 9.18 Å². The number of ketones is 1. The lowest BCUT2D eigenvalue weighted by Crippen LogP contribution is -2.07. The highest BCUT2D eigenvalue weighted by Gasteiger charge is 2.13. The number of anilines is 1. The molecule has 1 N–H and O–H groups in total. The Morgan fingerprint density at radius 3 is 2.67 bits per heavy atom. The molecule has 0 aliphatic heterocycles. The summed E-state index contributed by atoms with van der Waals surface area (Å²) in [7, 11) is 1.86. The van der Waals surface area contributed by atoms with Gasteiger partial charge in [0, 0.05) is 23.6 Å². The van der Waals surface area contributed by atoms with E-state index >= 15 is 0 Å². The summed E-state index contributed by atoms with van der Waals surface area (Å²) in [6, 6.07) is 15.5. The van der Waals surface area contributed by atoms with Crippen molar-refractivity contribution < 1.29 is 9.18 Å². The van der Waals surface area contributed by atoms with Crippen molar-refractivity contribution in [3.05, 3.63) is 77.2 Å². The van der Waals surface area contributed by atoms with Crippen LogP contribution in [0.4, 0.5) is 9.52 Å². The summed E-state index contributed by atoms with van der Waals surface area (Å²) in [5.41, 5.74) is 2.48. The lowest BCUT2D eigenvalue weighted by atomic mass is 10.1. The van der Waals surface area contributed by atoms with Crippen LogP contribution in [-0.2, 0) is 13.6 Å². The van der Waals surface area contributed by atoms with Gasteiger partial charge < -0.3 is 9.88 Å². The Morgan fingerprint density at radius 2 is 1.90 bits per heavy atom. The van der Waals surface area contributed by atoms with Crippen LogP contribution in [0.15, 0.2) is 65.1 Å². The largest absolute Gasteiger partial charge is 0.354 e. The molecule has 0 bridgehead atoms. The molecule has 0 amide bonds. The molecular formula is C21H18FN5OS2. The van der Waals surface area contributed by atoms with Crippen molar-refractivity contribution in [1.29, 1.82) is 0 Å². The minimum Gasteiger partial charge on any atom is -0.354 e. The van der Waals surface area contributed by atoms with Crippen LogP contribution >= 0.6 is 23.1 Å². The highest BCUT2D eigenvalue weighted by Crippen LogP contribution is 2.25. The first-order valence-electron chi connectivity index (χ1n) is 9.15. The number of thiazole rings is 1. The first-order chi connectivity index (χ1) is 14.6. The molecule has 0 saturated heterocycles. The summed E-state index contributed by atoms with van der Waals surface area (Å²) < 4.78 is 14.8. The van der Waals surface area contributed by atoms with Gasteiger partial charge in [0.2, 0.25) is 0 Å². The van der Waals surface area contributed by atoms with E-state index in [1.54, 1.807) is 0 Å². The second kappa shape index (κ2) is 9.19. The van der Waals surface area contributed by atoms with Crippen molar-refractivity contribution in [3.8, 4) is 11.3 Å². The molecule has 2 aromatic carbocycles. The van der Waals surface area contributed by atoms with Crippen LogP contribution in [0, 0.1) is 5.82 Å². The molecule has 0 spiro atoms. The predicted octanol–water partition coefficient (Wildman–Crippen LogP) is 4.66. The van der Waals surface area contributed by atoms with Crippen LogP contribution in [-0.4, -0.2) is 31.3 Å². The summed E-state index contributed by atoms with van der Waals surface area (Å²) >= 11 is 2.84. The van der Waals surface area contributed by atoms with Crippen LogP contribution in [0.5, 0.6) is 0 Å². The average molecular weight is 440 g/mol. The summed E-state index contributed by atoms with van der Waals surface area (Å²) in [5.74, 6) is 0.501. The molecule has 0 atom stereocenters. The number of benzene rings is 2. The van der Waals surface area contributed by atoms with Crippen molar-refractivity contribution in [2.24, 2.45) is 7.05 Å². The molecule has 2 heterocycles. The average Bonchev–Trinajstić information content (AvgIpc) is 3.38. The minimum atomic E-state index is -0.360. The quantitative estimate of drug-likeness (QED) is 0.318. The van der Waals surface area contributed by atoms with Gasteiger partial charge in [0.25, 0.3) is 0 Å². The van der Waals surface area contributed by atoms with Crippen LogP contribution in [0.3, 0.4) is 0 Å². The lowest BCUT2D eigenvalue weighted by Gasteiger charge is -2.05. The third-order valence-electron chi connectivity index (χ3n) is 4.40. The number of rotatable bonds is 8. The van der Waals surface area contributed by atoms with E-state index in [0.29, 0.717) is 17.3 Å². The fraction of sp³-hybridized carbons (Fsp3) is 0.143. The molecule has 0 radical (unpaired) electrons. The third kappa shape index (κ3) is 4.74. The third-order valence-corrected chi connectivity index (χ3v) is 6.22. The molecule has 0 unspecified atom stereocenters. The number of thioether (sulfide) groups is 1. The molecule has 0 aliphatic carbocycles. The van der Waals surface area contributed by atoms with Gasteiger partial charge in [-0.15, -0.1) is 21.5 Å². The Morgan fingerprint density at radius 1 is 1.13 bits per heavy atom. The van der Waals surface area contributed by atoms with Crippen molar-refractivity contribution in [1.82, 2.24) is 19.7 Å². The van der Waals surface area contributed by atoms with Crippen molar-refractivity contribution in [2.75, 3.05) is 11.1 Å². The Kier molecular flexibility index (Phi) is 6.20. The molecule has 2 aromatic heterocycles. The number of carbonyl (C=O) groups excluding carboxylic acids is 1. The second-order valence-corrected chi connectivity index (χ2v) is 8.23. The smallest absolute Gasteiger partial charge is 0.191 e. The van der Waals surface area contributed by atoms with Crippen molar-refractivity contribution in [3.63, 3.8) is 0 Å². The van der Waals surface area contributed by atoms with Crippen molar-refractivity contribution in [2.45, 2.75) is 11.7 Å². The van der Waals surface area contributed by atoms with E-state index in [-0.39, 0.29) is 17.4 Å². The maximum absolute atomic E-state index is 13.0. The zero-order valence-electron chi connectivity index (χ0n) is 16.1. The minimum absolute atomic E-state index is 0.0844. The molecule has 152 valence electrons. The number of hydrogen-bond donors (Lipinski definition) is 1. The number of halogens is 1. The van der Waals surface area contributed by atoms with Gasteiger partial charge in [0.15, 0.2) is 21.9 Å². The van der Waals surface area contributed by atoms with Crippen LogP contribution in [0.1, 0.15) is 16.2 Å². The summed E-state index contributed by atoms with van der Waals surface area (Å²) in [4.78, 5) is 16.9. The Hall–Kier alpha value is -3.04. The first-order valence-corrected chi connectivity index (χ1v) is 11.0. The zero-order valence-corrected chi connectivity index (χ0v) is 17.7. The van der Waals surface area contributed by atoms with E-state index in [1.807, 2.05) is 47.3 Å². The molecule has 4 aromatic rings. The van der Waals surface area contributed by atoms with E-state index in [1.165, 1.54) is 47.4 Å². The van der Waals surface area contributed by atoms with E-state index in [0.717, 1.165) is 22.2 Å². The van der Waals surface area contributed by atoms with Crippen LogP contribution in [0.25, 0.3) is 11.3 Å². The Bertz CT molecular complexity index is 1140. The summed E-state index contributed by atoms with van der Waals surface area (Å²) in [6.07, 6.45) is 0. The van der Waals surface area contributed by atoms with Gasteiger partial charge in [-0.05, 0) is 24.3 Å². The maximum atomic E-state index is 13.0. The molecule has 30 heavy (non-hydrogen) atoms. The first kappa shape index (κ1) is 20.2. The van der Waals surface area contributed by atoms with E-state index in [2.05, 4.69) is 20.5 Å². The number of aromatic nitrogens is 4. The van der Waals surface area contributed by atoms with Gasteiger partial charge in [-0.3, -0.25) is 4.79 Å². The molecule has 6 nitrogen and oxygen atoms in total. The van der Waals surface area contributed by atoms with Gasteiger partial charge in [-0.25, -0.2) is 9.37 Å². The number of hydrogen-bond acceptors (Lipinski definition) is 7. The highest BCUT2D eigenvalue weighted by atomic mass is 32.2. The molecule has 9 heteroatoms. The number of nitrogens with one attached hydrogen (secondary N) is 1. The summed E-state index contributed by atoms with van der Waals surface area (Å²) in [5, 5.41) is 15.1. The highest BCUT2D eigenvalue weighted by molar-refractivity contribution is 7.99. The second-order valence-electron chi connectivity index (χ2n) is 6.43. The lowest BCUT2D eigenvalue weighted by molar-refractivity contribution is 0.102. The Balaban J connectivity index is 1.34. The normalized spacial score (nSPS) is 10.9. The molecular weight excluding hydrogens is 421 g/mol. The monoisotopic (exact) mass is 439 g/mol. The van der Waals surface area contributed by atoms with Gasteiger partial charge in [-0.2, -0.15) is 0 Å². The van der Waals surface area contributed by atoms with Crippen molar-refractivity contribution >= 4 is 34.0 Å². The standard InChI is InChI=1S/C21H18FN5OS2/c1-27-19(11-23-20-24-17(12-29-20)14-5-3-2-4-6-14)25-26-21(27)30-13-18(28)15-7-9-16(22)10-8-15/h2-10,12H,11,13H2,1H3,(H,23,24). The zero-order chi connectivity index (χ0) is 20.9. The fourth-order valence-electron chi connectivity index (χ4n) is 2.73. The SMILES string of the molecule is Cn1c(CNc2nc(-c3ccccc3)cs2)nnc1SCC(=O)c1ccc(F)cc1. The molecule has 0 fully saturated rings. The molecule has 4 rings (SSSR count). The molecule has 0 aliphatic rings. The Labute approximate surface area is 181 Å². The number of nitrogens with zero attached hydrogens (tertiary/aromatic N) is 4. The topological polar surface area (TPSA) is 72.7 Å². The fourth-order valence-corrected chi connectivity index (χ4v) is 4.27. The van der Waals surface area contributed by atoms with Gasteiger partial charge in [-0.1, -0.05) is 42.1 Å². The number of carbonyl (C=O) groups is 1. The van der Waals surface area contributed by atoms with Crippen LogP contribution in [0.2, 0.25) is 0 Å². The van der Waals surface area contributed by atoms with Gasteiger partial charge >= 0.3 is 0 Å². The summed E-state index contributed by atoms with van der Waals surface area (Å²) in [6.45, 7) is 0.470. The maximum Gasteiger partial charge on any atom is 0.191 e. The van der Waals surface area contributed by atoms with Crippen LogP contribution < -0.4 is 5.32 Å². The molecule has 0 saturated carbocycles.